The molecule has 0 amide bonds. The molecule has 2 aliphatic rings. The molecule has 0 N–H and O–H groups in total. The van der Waals surface area contributed by atoms with Gasteiger partial charge in [-0.25, -0.2) is 8.42 Å². The Hall–Kier alpha value is -3.46. The molecule has 2 unspecified atom stereocenters. The minimum Gasteiger partial charge on any atom is -0.406 e. The Morgan fingerprint density at radius 1 is 0.889 bits per heavy atom. The number of carbonyl (C=O) groups is 1. The lowest BCUT2D eigenvalue weighted by molar-refractivity contribution is -0.274. The minimum atomic E-state index is -4.78. The topological polar surface area (TPSA) is 110 Å². The number of piperazine rings is 1. The Bertz CT molecular complexity index is 1770. The van der Waals surface area contributed by atoms with Crippen LogP contribution in [0, 0.1) is 12.8 Å². The van der Waals surface area contributed by atoms with Crippen LogP contribution in [-0.4, -0.2) is 63.5 Å². The van der Waals surface area contributed by atoms with E-state index < -0.39 is 50.5 Å². The molecule has 1 heterocycles. The second-order valence-corrected chi connectivity index (χ2v) is 14.9. The molecule has 0 saturated carbocycles. The maximum Gasteiger partial charge on any atom is 0.573 e. The summed E-state index contributed by atoms with van der Waals surface area (Å²) in [6, 6.07) is 15.4. The first-order valence-electron chi connectivity index (χ1n) is 14.3. The Kier molecular flexibility index (Phi) is 9.06. The number of sulfonamides is 1. The number of ether oxygens (including phenoxy) is 1. The van der Waals surface area contributed by atoms with Crippen LogP contribution in [0.3, 0.4) is 0 Å². The summed E-state index contributed by atoms with van der Waals surface area (Å²) >= 11 is 0. The van der Waals surface area contributed by atoms with Gasteiger partial charge in [0.1, 0.15) is 10.6 Å². The third kappa shape index (κ3) is 7.35. The maximum atomic E-state index is 14.1. The Morgan fingerprint density at radius 3 is 2.11 bits per heavy atom. The van der Waals surface area contributed by atoms with Gasteiger partial charge in [-0.3, -0.25) is 9.69 Å². The molecule has 0 spiro atoms. The molecule has 45 heavy (non-hydrogen) atoms. The van der Waals surface area contributed by atoms with Gasteiger partial charge in [0.05, 0.1) is 10.8 Å². The van der Waals surface area contributed by atoms with Crippen LogP contribution in [0.25, 0.3) is 0 Å². The zero-order chi connectivity index (χ0) is 32.7. The van der Waals surface area contributed by atoms with Crippen LogP contribution in [0.2, 0.25) is 0 Å². The number of fused-ring (bicyclic) bond motifs is 1. The number of nitrogens with zero attached hydrogens (tertiary/aromatic N) is 2. The normalized spacial score (nSPS) is 21.3. The summed E-state index contributed by atoms with van der Waals surface area (Å²) in [5, 5.41) is 0. The first kappa shape index (κ1) is 32.9. The molecule has 3 atom stereocenters. The van der Waals surface area contributed by atoms with E-state index in [0.717, 1.165) is 11.1 Å². The third-order valence-corrected chi connectivity index (χ3v) is 11.5. The van der Waals surface area contributed by atoms with Crippen molar-refractivity contribution < 1.29 is 43.7 Å². The minimum absolute atomic E-state index is 0.0176. The number of hydrogen-bond acceptors (Lipinski definition) is 8. The van der Waals surface area contributed by atoms with E-state index in [-0.39, 0.29) is 28.4 Å². The molecule has 1 saturated heterocycles. The van der Waals surface area contributed by atoms with Gasteiger partial charge in [0, 0.05) is 31.7 Å². The first-order chi connectivity index (χ1) is 21.0. The summed E-state index contributed by atoms with van der Waals surface area (Å²) in [7, 11) is -8.36. The molecule has 5 rings (SSSR count). The molecule has 3 aromatic carbocycles. The van der Waals surface area contributed by atoms with Gasteiger partial charge >= 0.3 is 22.4 Å². The number of carbonyl (C=O) groups excluding carboxylic acids is 1. The largest absolute Gasteiger partial charge is 0.573 e. The van der Waals surface area contributed by atoms with E-state index in [1.54, 1.807) is 57.2 Å². The van der Waals surface area contributed by atoms with E-state index in [9.17, 15) is 34.8 Å². The molecule has 0 bridgehead atoms. The van der Waals surface area contributed by atoms with E-state index >= 15 is 0 Å². The molecule has 1 aliphatic heterocycles. The summed E-state index contributed by atoms with van der Waals surface area (Å²) in [4.78, 5) is 14.9. The lowest BCUT2D eigenvalue weighted by Crippen LogP contribution is -2.58. The number of halogens is 3. The molecule has 1 fully saturated rings. The van der Waals surface area contributed by atoms with Crippen molar-refractivity contribution in [3.63, 3.8) is 0 Å². The predicted octanol–water partition coefficient (Wildman–Crippen LogP) is 4.82. The van der Waals surface area contributed by atoms with Gasteiger partial charge in [0.25, 0.3) is 0 Å². The summed E-state index contributed by atoms with van der Waals surface area (Å²) in [5.74, 6) is -2.12. The number of alkyl halides is 3. The zero-order valence-corrected chi connectivity index (χ0v) is 26.5. The maximum absolute atomic E-state index is 14.1. The summed E-state index contributed by atoms with van der Waals surface area (Å²) in [6.07, 6.45) is -4.62. The molecule has 242 valence electrons. The number of aryl methyl sites for hydroxylation is 1. The highest BCUT2D eigenvalue weighted by Gasteiger charge is 2.42. The fraction of sp³-hybridized carbons (Fsp3) is 0.387. The van der Waals surface area contributed by atoms with E-state index in [2.05, 4.69) is 4.74 Å². The average Bonchev–Trinajstić information content (AvgIpc) is 3.38. The molecule has 14 heteroatoms. The van der Waals surface area contributed by atoms with Crippen LogP contribution in [0.15, 0.2) is 76.5 Å². The quantitative estimate of drug-likeness (QED) is 0.315. The molecule has 1 aliphatic carbocycles. The van der Waals surface area contributed by atoms with E-state index in [1.165, 1.54) is 34.6 Å². The summed E-state index contributed by atoms with van der Waals surface area (Å²) in [5.41, 5.74) is 2.71. The molecular weight excluding hydrogens is 633 g/mol. The van der Waals surface area contributed by atoms with Crippen LogP contribution in [0.1, 0.15) is 36.1 Å². The fourth-order valence-electron chi connectivity index (χ4n) is 6.14. The Balaban J connectivity index is 1.27. The van der Waals surface area contributed by atoms with Gasteiger partial charge in [0.2, 0.25) is 10.0 Å². The van der Waals surface area contributed by atoms with Crippen molar-refractivity contribution in [2.24, 2.45) is 5.92 Å². The smallest absolute Gasteiger partial charge is 0.406 e. The second kappa shape index (κ2) is 12.4. The van der Waals surface area contributed by atoms with E-state index in [1.807, 2.05) is 4.90 Å². The number of hydrogen-bond donors (Lipinski definition) is 0. The van der Waals surface area contributed by atoms with E-state index in [0.29, 0.717) is 30.8 Å². The zero-order valence-electron chi connectivity index (χ0n) is 24.8. The van der Waals surface area contributed by atoms with Crippen molar-refractivity contribution >= 4 is 26.1 Å². The van der Waals surface area contributed by atoms with Gasteiger partial charge in [-0.2, -0.15) is 12.7 Å². The SMILES string of the molecule is Cc1ccc(S(=O)(=O)OC(=O)[C@H]2Cc3cccc(S(=O)(=O)N4C(C)CN(Cc5ccc(OC(F)(F)F)cc5)CC4C)c3C2)cc1. The van der Waals surface area contributed by atoms with Crippen LogP contribution in [0.4, 0.5) is 13.2 Å². The Morgan fingerprint density at radius 2 is 1.51 bits per heavy atom. The van der Waals surface area contributed by atoms with Gasteiger partial charge in [-0.1, -0.05) is 42.0 Å². The Labute approximate surface area is 260 Å². The molecule has 9 nitrogen and oxygen atoms in total. The van der Waals surface area contributed by atoms with Gasteiger partial charge < -0.3 is 8.92 Å². The third-order valence-electron chi connectivity index (χ3n) is 8.01. The van der Waals surface area contributed by atoms with Crippen LogP contribution < -0.4 is 4.74 Å². The lowest BCUT2D eigenvalue weighted by atomic mass is 10.1. The summed E-state index contributed by atoms with van der Waals surface area (Å²) in [6.45, 7) is 6.55. The highest BCUT2D eigenvalue weighted by Crippen LogP contribution is 2.36. The monoisotopic (exact) mass is 666 g/mol. The van der Waals surface area contributed by atoms with Crippen LogP contribution >= 0.6 is 0 Å². The van der Waals surface area contributed by atoms with Crippen LogP contribution in [-0.2, 0) is 48.5 Å². The molecule has 3 aromatic rings. The highest BCUT2D eigenvalue weighted by molar-refractivity contribution is 7.89. The molecule has 0 radical (unpaired) electrons. The van der Waals surface area contributed by atoms with Gasteiger partial charge in [-0.05, 0) is 80.6 Å². The average molecular weight is 667 g/mol. The summed E-state index contributed by atoms with van der Waals surface area (Å²) < 4.78 is 101. The lowest BCUT2D eigenvalue weighted by Gasteiger charge is -2.43. The van der Waals surface area contributed by atoms with Crippen molar-refractivity contribution in [2.45, 2.75) is 68.4 Å². The first-order valence-corrected chi connectivity index (χ1v) is 17.1. The van der Waals surface area contributed by atoms with Crippen molar-refractivity contribution in [2.75, 3.05) is 13.1 Å². The highest BCUT2D eigenvalue weighted by atomic mass is 32.2. The van der Waals surface area contributed by atoms with Crippen LogP contribution in [0.5, 0.6) is 5.75 Å². The van der Waals surface area contributed by atoms with Gasteiger partial charge in [-0.15, -0.1) is 13.2 Å². The van der Waals surface area contributed by atoms with Crippen molar-refractivity contribution in [1.29, 1.82) is 0 Å². The van der Waals surface area contributed by atoms with Gasteiger partial charge in [0.15, 0.2) is 0 Å². The van der Waals surface area contributed by atoms with Crippen molar-refractivity contribution in [3.8, 4) is 5.75 Å². The number of rotatable bonds is 8. The molecular formula is C31H33F3N2O7S2. The van der Waals surface area contributed by atoms with E-state index in [4.69, 9.17) is 4.18 Å². The van der Waals surface area contributed by atoms with Crippen molar-refractivity contribution in [3.05, 3.63) is 89.0 Å². The fourth-order valence-corrected chi connectivity index (χ4v) is 9.15. The predicted molar refractivity (Wildman–Crippen MR) is 158 cm³/mol. The molecule has 0 aromatic heterocycles. The standard InChI is InChI=1S/C31H33F3N2O7S2/c1-20-7-13-27(14-8-20)45(40,41)43-30(37)25-15-24-5-4-6-29(28(24)16-25)44(38,39)36-21(2)17-35(18-22(36)3)19-23-9-11-26(12-10-23)42-31(32,33)34/h4-14,21-22,25H,15-19H2,1-3H3/t21?,22?,25-/m0/s1. The second-order valence-electron chi connectivity index (χ2n) is 11.6. The number of benzene rings is 3. The van der Waals surface area contributed by atoms with Crippen molar-refractivity contribution in [1.82, 2.24) is 9.21 Å².